The minimum Gasteiger partial charge on any atom is -0.479 e. The van der Waals surface area contributed by atoms with Crippen molar-refractivity contribution in [3.63, 3.8) is 0 Å². The zero-order valence-corrected chi connectivity index (χ0v) is 11.6. The van der Waals surface area contributed by atoms with Gasteiger partial charge in [-0.2, -0.15) is 0 Å². The fraction of sp³-hybridized carbons (Fsp3) is 0.929. The second kappa shape index (κ2) is 5.38. The topological polar surface area (TPSA) is 46.5 Å². The maximum Gasteiger partial charge on any atom is 0.335 e. The number of hydrogen-bond acceptors (Lipinski definition) is 2. The lowest BCUT2D eigenvalue weighted by Gasteiger charge is -2.31. The molecule has 0 spiro atoms. The van der Waals surface area contributed by atoms with E-state index in [4.69, 9.17) is 4.74 Å². The maximum absolute atomic E-state index is 11.5. The van der Waals surface area contributed by atoms with Crippen molar-refractivity contribution >= 4 is 5.97 Å². The van der Waals surface area contributed by atoms with Gasteiger partial charge in [0.2, 0.25) is 0 Å². The average molecular weight is 242 g/mol. The van der Waals surface area contributed by atoms with Gasteiger partial charge in [0, 0.05) is 6.61 Å². The highest BCUT2D eigenvalue weighted by Crippen LogP contribution is 2.41. The number of aliphatic carboxylic acids is 1. The highest BCUT2D eigenvalue weighted by Gasteiger charge is 2.42. The molecule has 1 rings (SSSR count). The number of hydrogen-bond donors (Lipinski definition) is 1. The van der Waals surface area contributed by atoms with Crippen LogP contribution < -0.4 is 0 Å². The van der Waals surface area contributed by atoms with Crippen LogP contribution in [0, 0.1) is 11.3 Å². The van der Waals surface area contributed by atoms with Crippen LogP contribution in [-0.2, 0) is 9.53 Å². The highest BCUT2D eigenvalue weighted by atomic mass is 16.5. The van der Waals surface area contributed by atoms with E-state index in [1.165, 1.54) is 0 Å². The molecule has 0 amide bonds. The third kappa shape index (κ3) is 3.44. The van der Waals surface area contributed by atoms with E-state index in [1.807, 2.05) is 6.92 Å². The third-order valence-electron chi connectivity index (χ3n) is 4.06. The van der Waals surface area contributed by atoms with Crippen LogP contribution in [0.4, 0.5) is 0 Å². The maximum atomic E-state index is 11.5. The Morgan fingerprint density at radius 3 is 2.47 bits per heavy atom. The van der Waals surface area contributed by atoms with Crippen molar-refractivity contribution in [1.82, 2.24) is 0 Å². The predicted octanol–water partition coefficient (Wildman–Crippen LogP) is 3.47. The van der Waals surface area contributed by atoms with E-state index in [2.05, 4.69) is 20.8 Å². The molecule has 3 nitrogen and oxygen atoms in total. The summed E-state index contributed by atoms with van der Waals surface area (Å²) in [5.41, 5.74) is -0.657. The van der Waals surface area contributed by atoms with Gasteiger partial charge in [0.05, 0.1) is 0 Å². The molecule has 1 N–H and O–H groups in total. The van der Waals surface area contributed by atoms with Gasteiger partial charge in [-0.1, -0.05) is 20.8 Å². The molecule has 1 aliphatic rings. The minimum absolute atomic E-state index is 0.265. The zero-order chi connectivity index (χ0) is 13.1. The Kier molecular flexibility index (Phi) is 4.59. The average Bonchev–Trinajstić information content (AvgIpc) is 2.41. The van der Waals surface area contributed by atoms with Crippen molar-refractivity contribution in [3.8, 4) is 0 Å². The molecule has 0 saturated heterocycles. The van der Waals surface area contributed by atoms with Crippen molar-refractivity contribution in [2.45, 2.75) is 65.4 Å². The molecular formula is C14H26O3. The second-order valence-electron chi connectivity index (χ2n) is 6.23. The van der Waals surface area contributed by atoms with Gasteiger partial charge in [-0.3, -0.25) is 0 Å². The van der Waals surface area contributed by atoms with Crippen molar-refractivity contribution in [2.24, 2.45) is 11.3 Å². The van der Waals surface area contributed by atoms with Crippen LogP contribution in [-0.4, -0.2) is 23.3 Å². The molecule has 0 bridgehead atoms. The van der Waals surface area contributed by atoms with Crippen LogP contribution >= 0.6 is 0 Å². The largest absolute Gasteiger partial charge is 0.479 e. The molecule has 100 valence electrons. The van der Waals surface area contributed by atoms with Crippen LogP contribution in [0.15, 0.2) is 0 Å². The lowest BCUT2D eigenvalue weighted by Crippen LogP contribution is -2.41. The van der Waals surface area contributed by atoms with Gasteiger partial charge in [0.25, 0.3) is 0 Å². The summed E-state index contributed by atoms with van der Waals surface area (Å²) in [6, 6.07) is 0. The van der Waals surface area contributed by atoms with E-state index in [0.29, 0.717) is 25.4 Å². The van der Waals surface area contributed by atoms with Crippen LogP contribution in [0.1, 0.15) is 59.8 Å². The van der Waals surface area contributed by atoms with Gasteiger partial charge in [-0.25, -0.2) is 4.79 Å². The summed E-state index contributed by atoms with van der Waals surface area (Å²) >= 11 is 0. The number of rotatable bonds is 3. The van der Waals surface area contributed by atoms with Crippen LogP contribution in [0.5, 0.6) is 0 Å². The van der Waals surface area contributed by atoms with Crippen LogP contribution in [0.2, 0.25) is 0 Å². The predicted molar refractivity (Wildman–Crippen MR) is 68.0 cm³/mol. The third-order valence-corrected chi connectivity index (χ3v) is 4.06. The van der Waals surface area contributed by atoms with Crippen molar-refractivity contribution in [3.05, 3.63) is 0 Å². The van der Waals surface area contributed by atoms with Gasteiger partial charge >= 0.3 is 5.97 Å². The van der Waals surface area contributed by atoms with E-state index in [9.17, 15) is 9.90 Å². The second-order valence-corrected chi connectivity index (χ2v) is 6.23. The quantitative estimate of drug-likeness (QED) is 0.771. The molecule has 1 saturated carbocycles. The molecule has 0 aromatic carbocycles. The Morgan fingerprint density at radius 2 is 2.00 bits per heavy atom. The normalized spacial score (nSPS) is 30.9. The molecule has 17 heavy (non-hydrogen) atoms. The standard InChI is InChI=1S/C14H26O3/c1-5-17-14(12(15)16)9-6-7-11(8-10-14)13(2,3)4/h11H,5-10H2,1-4H3,(H,15,16). The summed E-state index contributed by atoms with van der Waals surface area (Å²) in [4.78, 5) is 11.5. The number of ether oxygens (including phenoxy) is 1. The fourth-order valence-electron chi connectivity index (χ4n) is 2.87. The minimum atomic E-state index is -0.922. The Morgan fingerprint density at radius 1 is 1.35 bits per heavy atom. The molecule has 0 heterocycles. The Hall–Kier alpha value is -0.570. The summed E-state index contributed by atoms with van der Waals surface area (Å²) in [6.07, 6.45) is 4.33. The Balaban J connectivity index is 2.77. The number of carboxylic acids is 1. The molecule has 2 unspecified atom stereocenters. The fourth-order valence-corrected chi connectivity index (χ4v) is 2.87. The van der Waals surface area contributed by atoms with Gasteiger partial charge in [0.15, 0.2) is 5.60 Å². The lowest BCUT2D eigenvalue weighted by molar-refractivity contribution is -0.167. The molecule has 0 radical (unpaired) electrons. The lowest BCUT2D eigenvalue weighted by atomic mass is 9.76. The van der Waals surface area contributed by atoms with Gasteiger partial charge in [-0.05, 0) is 50.4 Å². The number of carboxylic acid groups (broad SMARTS) is 1. The van der Waals surface area contributed by atoms with E-state index in [0.717, 1.165) is 19.3 Å². The summed E-state index contributed by atoms with van der Waals surface area (Å²) in [5, 5.41) is 9.41. The molecule has 0 aromatic rings. The molecule has 2 atom stereocenters. The molecule has 1 aliphatic carbocycles. The number of carbonyl (C=O) groups is 1. The van der Waals surface area contributed by atoms with Crippen LogP contribution in [0.3, 0.4) is 0 Å². The first-order chi connectivity index (χ1) is 7.82. The summed E-state index contributed by atoms with van der Waals surface area (Å²) in [7, 11) is 0. The van der Waals surface area contributed by atoms with E-state index >= 15 is 0 Å². The first-order valence-corrected chi connectivity index (χ1v) is 6.69. The van der Waals surface area contributed by atoms with E-state index in [-0.39, 0.29) is 5.41 Å². The molecule has 0 aliphatic heterocycles. The smallest absolute Gasteiger partial charge is 0.335 e. The Labute approximate surface area is 105 Å². The highest BCUT2D eigenvalue weighted by molar-refractivity contribution is 5.77. The van der Waals surface area contributed by atoms with Crippen molar-refractivity contribution < 1.29 is 14.6 Å². The molecular weight excluding hydrogens is 216 g/mol. The SMILES string of the molecule is CCOC1(C(=O)O)CCCC(C(C)(C)C)CC1. The van der Waals surface area contributed by atoms with E-state index in [1.54, 1.807) is 0 Å². The molecule has 0 aromatic heterocycles. The zero-order valence-electron chi connectivity index (χ0n) is 11.6. The van der Waals surface area contributed by atoms with Gasteiger partial charge < -0.3 is 9.84 Å². The van der Waals surface area contributed by atoms with Crippen molar-refractivity contribution in [1.29, 1.82) is 0 Å². The molecule has 1 fully saturated rings. The summed E-state index contributed by atoms with van der Waals surface area (Å²) < 4.78 is 5.57. The van der Waals surface area contributed by atoms with Crippen molar-refractivity contribution in [2.75, 3.05) is 6.61 Å². The van der Waals surface area contributed by atoms with E-state index < -0.39 is 11.6 Å². The van der Waals surface area contributed by atoms with Gasteiger partial charge in [0.1, 0.15) is 0 Å². The monoisotopic (exact) mass is 242 g/mol. The molecule has 3 heteroatoms. The first kappa shape index (κ1) is 14.5. The van der Waals surface area contributed by atoms with Crippen LogP contribution in [0.25, 0.3) is 0 Å². The summed E-state index contributed by atoms with van der Waals surface area (Å²) in [6.45, 7) is 9.08. The summed E-state index contributed by atoms with van der Waals surface area (Å²) in [5.74, 6) is -0.182. The Bertz CT molecular complexity index is 267. The first-order valence-electron chi connectivity index (χ1n) is 6.69. The van der Waals surface area contributed by atoms with Gasteiger partial charge in [-0.15, -0.1) is 0 Å².